The minimum Gasteiger partial charge on any atom is -0.497 e. The van der Waals surface area contributed by atoms with E-state index in [0.29, 0.717) is 24.5 Å². The Bertz CT molecular complexity index is 903. The molecule has 2 bridgehead atoms. The van der Waals surface area contributed by atoms with Gasteiger partial charge in [0, 0.05) is 36.2 Å². The van der Waals surface area contributed by atoms with Crippen LogP contribution >= 0.6 is 0 Å². The number of carbonyl (C=O) groups is 1. The van der Waals surface area contributed by atoms with E-state index in [-0.39, 0.29) is 11.4 Å². The van der Waals surface area contributed by atoms with Crippen molar-refractivity contribution < 1.29 is 14.3 Å². The topological polar surface area (TPSA) is 79.5 Å². The highest BCUT2D eigenvalue weighted by Crippen LogP contribution is 2.40. The normalized spacial score (nSPS) is 24.2. The van der Waals surface area contributed by atoms with Crippen molar-refractivity contribution in [1.29, 1.82) is 0 Å². The molecule has 2 fully saturated rings. The van der Waals surface area contributed by atoms with Crippen molar-refractivity contribution >= 4 is 16.9 Å². The molecule has 2 N–H and O–H groups in total. The molecule has 2 aromatic rings. The summed E-state index contributed by atoms with van der Waals surface area (Å²) in [6.45, 7) is 6.61. The van der Waals surface area contributed by atoms with Crippen molar-refractivity contribution in [3.05, 3.63) is 18.0 Å². The van der Waals surface area contributed by atoms with Crippen LogP contribution in [0.4, 0.5) is 0 Å². The number of H-pyrrole nitrogens is 1. The van der Waals surface area contributed by atoms with Crippen molar-refractivity contribution in [3.63, 3.8) is 0 Å². The van der Waals surface area contributed by atoms with Crippen LogP contribution in [0.5, 0.6) is 11.5 Å². The second kappa shape index (κ2) is 8.10. The third kappa shape index (κ3) is 4.41. The molecule has 1 unspecified atom stereocenters. The van der Waals surface area contributed by atoms with Gasteiger partial charge in [-0.3, -0.25) is 9.69 Å². The Morgan fingerprint density at radius 2 is 1.90 bits per heavy atom. The molecule has 164 valence electrons. The van der Waals surface area contributed by atoms with Gasteiger partial charge in [0.05, 0.1) is 26.3 Å². The molecule has 2 aliphatic heterocycles. The molecule has 0 radical (unpaired) electrons. The number of piperidine rings is 1. The highest BCUT2D eigenvalue weighted by Gasteiger charge is 2.41. The zero-order valence-corrected chi connectivity index (χ0v) is 18.7. The number of nitrogens with zero attached hydrogens (tertiary/aromatic N) is 2. The van der Waals surface area contributed by atoms with E-state index in [9.17, 15) is 4.79 Å². The number of fused-ring (bicyclic) bond motifs is 3. The summed E-state index contributed by atoms with van der Waals surface area (Å²) in [6, 6.07) is 4.83. The molecule has 0 spiro atoms. The minimum atomic E-state index is -0.181. The highest BCUT2D eigenvalue weighted by molar-refractivity contribution is 5.83. The predicted molar refractivity (Wildman–Crippen MR) is 117 cm³/mol. The molecule has 3 atom stereocenters. The molecule has 2 aliphatic rings. The minimum absolute atomic E-state index is 0.135. The van der Waals surface area contributed by atoms with E-state index in [1.807, 2.05) is 32.9 Å². The molecule has 1 aromatic carbocycles. The Morgan fingerprint density at radius 3 is 2.50 bits per heavy atom. The second-order valence-corrected chi connectivity index (χ2v) is 9.81. The molecule has 1 aromatic heterocycles. The van der Waals surface area contributed by atoms with Crippen LogP contribution in [0, 0.1) is 5.92 Å². The average Bonchev–Trinajstić information content (AvgIpc) is 3.16. The van der Waals surface area contributed by atoms with Crippen LogP contribution in [0.2, 0.25) is 0 Å². The predicted octanol–water partition coefficient (Wildman–Crippen LogP) is 3.28. The maximum atomic E-state index is 12.4. The lowest BCUT2D eigenvalue weighted by Gasteiger charge is -2.38. The number of aromatic nitrogens is 2. The lowest BCUT2D eigenvalue weighted by atomic mass is 9.88. The number of benzene rings is 1. The SMILES string of the molecule is COc1cc(OC)c2nc(CC3C[C@H]4CC[C@@H](C3)N4CC(=O)NC(C)(C)C)[nH]c2c1. The molecule has 1 amide bonds. The van der Waals surface area contributed by atoms with E-state index < -0.39 is 0 Å². The van der Waals surface area contributed by atoms with Crippen molar-refractivity contribution in [2.45, 2.75) is 70.5 Å². The fraction of sp³-hybridized carbons (Fsp3) is 0.652. The molecule has 7 nitrogen and oxygen atoms in total. The van der Waals surface area contributed by atoms with Gasteiger partial charge in [0.25, 0.3) is 0 Å². The highest BCUT2D eigenvalue weighted by atomic mass is 16.5. The Labute approximate surface area is 178 Å². The molecule has 2 saturated heterocycles. The fourth-order valence-electron chi connectivity index (χ4n) is 5.19. The standard InChI is InChI=1S/C23H34N4O3/c1-23(2,3)26-21(28)13-27-15-6-7-16(27)9-14(8-15)10-20-24-18-11-17(29-4)12-19(30-5)22(18)25-20/h11-12,14-16H,6-10,13H2,1-5H3,(H,24,25)(H,26,28)/t14?,15-,16+. The summed E-state index contributed by atoms with van der Waals surface area (Å²) in [5.74, 6) is 3.20. The van der Waals surface area contributed by atoms with Gasteiger partial charge in [0.1, 0.15) is 22.8 Å². The summed E-state index contributed by atoms with van der Waals surface area (Å²) in [6.07, 6.45) is 5.55. The smallest absolute Gasteiger partial charge is 0.234 e. The maximum Gasteiger partial charge on any atom is 0.234 e. The third-order valence-corrected chi connectivity index (χ3v) is 6.33. The van der Waals surface area contributed by atoms with Gasteiger partial charge in [-0.15, -0.1) is 0 Å². The lowest BCUT2D eigenvalue weighted by Crippen LogP contribution is -2.51. The van der Waals surface area contributed by atoms with E-state index in [4.69, 9.17) is 14.5 Å². The molecule has 0 aliphatic carbocycles. The summed E-state index contributed by atoms with van der Waals surface area (Å²) < 4.78 is 10.9. The first-order valence-corrected chi connectivity index (χ1v) is 10.9. The number of rotatable bonds is 6. The molecule has 3 heterocycles. The van der Waals surface area contributed by atoms with Gasteiger partial charge < -0.3 is 19.8 Å². The Kier molecular flexibility index (Phi) is 5.66. The van der Waals surface area contributed by atoms with Gasteiger partial charge in [-0.1, -0.05) is 0 Å². The average molecular weight is 415 g/mol. The molecule has 0 saturated carbocycles. The zero-order valence-electron chi connectivity index (χ0n) is 18.7. The molecular weight excluding hydrogens is 380 g/mol. The quantitative estimate of drug-likeness (QED) is 0.758. The van der Waals surface area contributed by atoms with Crippen LogP contribution in [0.3, 0.4) is 0 Å². The van der Waals surface area contributed by atoms with E-state index in [1.54, 1.807) is 14.2 Å². The molecular formula is C23H34N4O3. The van der Waals surface area contributed by atoms with Gasteiger partial charge in [-0.2, -0.15) is 0 Å². The van der Waals surface area contributed by atoms with Crippen LogP contribution in [-0.4, -0.2) is 59.2 Å². The van der Waals surface area contributed by atoms with E-state index >= 15 is 0 Å². The number of hydrogen-bond donors (Lipinski definition) is 2. The lowest BCUT2D eigenvalue weighted by molar-refractivity contribution is -0.125. The first-order valence-electron chi connectivity index (χ1n) is 10.9. The number of aromatic amines is 1. The summed E-state index contributed by atoms with van der Waals surface area (Å²) in [4.78, 5) is 23.2. The first-order chi connectivity index (χ1) is 14.3. The summed E-state index contributed by atoms with van der Waals surface area (Å²) >= 11 is 0. The molecule has 30 heavy (non-hydrogen) atoms. The van der Waals surface area contributed by atoms with Crippen molar-refractivity contribution in [3.8, 4) is 11.5 Å². The Balaban J connectivity index is 1.42. The monoisotopic (exact) mass is 414 g/mol. The fourth-order valence-corrected chi connectivity index (χ4v) is 5.19. The van der Waals surface area contributed by atoms with Gasteiger partial charge in [0.2, 0.25) is 5.91 Å². The Hall–Kier alpha value is -2.28. The largest absolute Gasteiger partial charge is 0.497 e. The Morgan fingerprint density at radius 1 is 1.20 bits per heavy atom. The van der Waals surface area contributed by atoms with Gasteiger partial charge in [0.15, 0.2) is 0 Å². The van der Waals surface area contributed by atoms with Crippen LogP contribution in [0.1, 0.15) is 52.3 Å². The summed E-state index contributed by atoms with van der Waals surface area (Å²) in [7, 11) is 3.31. The summed E-state index contributed by atoms with van der Waals surface area (Å²) in [5.41, 5.74) is 1.62. The number of imidazole rings is 1. The first kappa shape index (κ1) is 21.0. The van der Waals surface area contributed by atoms with E-state index in [1.165, 1.54) is 12.8 Å². The number of nitrogens with one attached hydrogen (secondary N) is 2. The number of carbonyl (C=O) groups excluding carboxylic acids is 1. The van der Waals surface area contributed by atoms with Crippen molar-refractivity contribution in [2.24, 2.45) is 5.92 Å². The second-order valence-electron chi connectivity index (χ2n) is 9.81. The summed E-state index contributed by atoms with van der Waals surface area (Å²) in [5, 5.41) is 3.10. The van der Waals surface area contributed by atoms with E-state index in [2.05, 4.69) is 15.2 Å². The van der Waals surface area contributed by atoms with E-state index in [0.717, 1.165) is 47.6 Å². The number of hydrogen-bond acceptors (Lipinski definition) is 5. The van der Waals surface area contributed by atoms with Crippen LogP contribution in [0.15, 0.2) is 12.1 Å². The maximum absolute atomic E-state index is 12.4. The number of amides is 1. The van der Waals surface area contributed by atoms with Gasteiger partial charge in [-0.25, -0.2) is 4.98 Å². The van der Waals surface area contributed by atoms with Crippen LogP contribution < -0.4 is 14.8 Å². The van der Waals surface area contributed by atoms with Crippen molar-refractivity contribution in [2.75, 3.05) is 20.8 Å². The van der Waals surface area contributed by atoms with Crippen molar-refractivity contribution in [1.82, 2.24) is 20.2 Å². The van der Waals surface area contributed by atoms with Gasteiger partial charge in [-0.05, 0) is 52.4 Å². The van der Waals surface area contributed by atoms with Gasteiger partial charge >= 0.3 is 0 Å². The molecule has 7 heteroatoms. The zero-order chi connectivity index (χ0) is 21.5. The molecule has 4 rings (SSSR count). The third-order valence-electron chi connectivity index (χ3n) is 6.33. The van der Waals surface area contributed by atoms with Crippen LogP contribution in [-0.2, 0) is 11.2 Å². The van der Waals surface area contributed by atoms with Crippen LogP contribution in [0.25, 0.3) is 11.0 Å². The number of ether oxygens (including phenoxy) is 2. The number of methoxy groups -OCH3 is 2.